The summed E-state index contributed by atoms with van der Waals surface area (Å²) in [6, 6.07) is 12.3. The number of benzene rings is 2. The van der Waals surface area contributed by atoms with Crippen molar-refractivity contribution in [3.63, 3.8) is 0 Å². The fourth-order valence-electron chi connectivity index (χ4n) is 3.18. The number of sulfonamides is 1. The number of hydrazone groups is 1. The molecule has 27 heavy (non-hydrogen) atoms. The lowest BCUT2D eigenvalue weighted by molar-refractivity contribution is 0.329. The third kappa shape index (κ3) is 3.71. The van der Waals surface area contributed by atoms with E-state index < -0.39 is 16.1 Å². The molecular weight excluding hydrogens is 368 g/mol. The first kappa shape index (κ1) is 19.0. The maximum atomic E-state index is 12.4. The maximum absolute atomic E-state index is 12.4. The zero-order valence-electron chi connectivity index (χ0n) is 15.7. The zero-order valence-corrected chi connectivity index (χ0v) is 16.5. The fraction of sp³-hybridized carbons (Fsp3) is 0.316. The molecule has 1 aliphatic heterocycles. The number of hydrogen-bond donors (Lipinski definition) is 0. The number of nitrogens with zero attached hydrogens (tertiary/aromatic N) is 2. The second-order valence-corrected chi connectivity index (χ2v) is 7.96. The Morgan fingerprint density at radius 2 is 1.78 bits per heavy atom. The molecule has 0 aliphatic carbocycles. The van der Waals surface area contributed by atoms with Crippen LogP contribution in [-0.4, -0.2) is 46.1 Å². The molecule has 0 bridgehead atoms. The van der Waals surface area contributed by atoms with Crippen LogP contribution < -0.4 is 14.2 Å². The summed E-state index contributed by atoms with van der Waals surface area (Å²) in [5.41, 5.74) is 2.17. The SMILES string of the molecule is COc1cccc(C2=NN(S(C)(=O)=O)[C@@H](c3cccc(OC)c3OC)C2)c1. The summed E-state index contributed by atoms with van der Waals surface area (Å²) in [6.45, 7) is 0. The summed E-state index contributed by atoms with van der Waals surface area (Å²) in [7, 11) is 1.08. The smallest absolute Gasteiger partial charge is 0.247 e. The van der Waals surface area contributed by atoms with Gasteiger partial charge in [0.25, 0.3) is 0 Å². The molecule has 2 aromatic carbocycles. The van der Waals surface area contributed by atoms with Crippen LogP contribution >= 0.6 is 0 Å². The zero-order chi connectivity index (χ0) is 19.6. The van der Waals surface area contributed by atoms with Gasteiger partial charge in [0.15, 0.2) is 11.5 Å². The Hall–Kier alpha value is -2.74. The van der Waals surface area contributed by atoms with Crippen molar-refractivity contribution in [2.75, 3.05) is 27.6 Å². The highest BCUT2D eigenvalue weighted by Gasteiger charge is 2.36. The predicted molar refractivity (Wildman–Crippen MR) is 103 cm³/mol. The Bertz CT molecular complexity index is 972. The van der Waals surface area contributed by atoms with Crippen molar-refractivity contribution < 1.29 is 22.6 Å². The van der Waals surface area contributed by atoms with Crippen molar-refractivity contribution in [2.45, 2.75) is 12.5 Å². The second-order valence-electron chi connectivity index (χ2n) is 6.12. The number of ether oxygens (including phenoxy) is 3. The van der Waals surface area contributed by atoms with Gasteiger partial charge >= 0.3 is 0 Å². The highest BCUT2D eigenvalue weighted by Crippen LogP contribution is 2.42. The van der Waals surface area contributed by atoms with E-state index in [2.05, 4.69) is 5.10 Å². The lowest BCUT2D eigenvalue weighted by Crippen LogP contribution is -2.26. The van der Waals surface area contributed by atoms with E-state index >= 15 is 0 Å². The molecule has 144 valence electrons. The Morgan fingerprint density at radius 3 is 2.41 bits per heavy atom. The summed E-state index contributed by atoms with van der Waals surface area (Å²) >= 11 is 0. The van der Waals surface area contributed by atoms with Crippen LogP contribution in [0.15, 0.2) is 47.6 Å². The third-order valence-electron chi connectivity index (χ3n) is 4.41. The first-order valence-electron chi connectivity index (χ1n) is 8.31. The van der Waals surface area contributed by atoms with Gasteiger partial charge in [-0.25, -0.2) is 8.42 Å². The van der Waals surface area contributed by atoms with Crippen molar-refractivity contribution in [2.24, 2.45) is 5.10 Å². The normalized spacial score (nSPS) is 16.8. The van der Waals surface area contributed by atoms with Gasteiger partial charge in [0.1, 0.15) is 5.75 Å². The molecule has 7 nitrogen and oxygen atoms in total. The molecule has 0 amide bonds. The summed E-state index contributed by atoms with van der Waals surface area (Å²) in [4.78, 5) is 0. The molecule has 1 atom stereocenters. The number of rotatable bonds is 6. The van der Waals surface area contributed by atoms with Crippen molar-refractivity contribution in [3.05, 3.63) is 53.6 Å². The second kappa shape index (κ2) is 7.48. The van der Waals surface area contributed by atoms with Gasteiger partial charge in [-0.2, -0.15) is 9.52 Å². The van der Waals surface area contributed by atoms with E-state index in [4.69, 9.17) is 14.2 Å². The summed E-state index contributed by atoms with van der Waals surface area (Å²) in [5.74, 6) is 1.72. The van der Waals surface area contributed by atoms with Crippen LogP contribution in [-0.2, 0) is 10.0 Å². The van der Waals surface area contributed by atoms with Crippen molar-refractivity contribution in [3.8, 4) is 17.2 Å². The minimum atomic E-state index is -3.58. The highest BCUT2D eigenvalue weighted by atomic mass is 32.2. The van der Waals surface area contributed by atoms with Crippen LogP contribution in [0.2, 0.25) is 0 Å². The monoisotopic (exact) mass is 390 g/mol. The molecule has 0 saturated carbocycles. The molecule has 1 aliphatic rings. The van der Waals surface area contributed by atoms with E-state index in [0.717, 1.165) is 16.2 Å². The number of methoxy groups -OCH3 is 3. The largest absolute Gasteiger partial charge is 0.497 e. The van der Waals surface area contributed by atoms with Crippen LogP contribution in [0.4, 0.5) is 0 Å². The molecule has 0 unspecified atom stereocenters. The fourth-order valence-corrected chi connectivity index (χ4v) is 4.07. The van der Waals surface area contributed by atoms with Gasteiger partial charge in [-0.15, -0.1) is 0 Å². The van der Waals surface area contributed by atoms with Crippen LogP contribution in [0.3, 0.4) is 0 Å². The minimum absolute atomic E-state index is 0.407. The van der Waals surface area contributed by atoms with Gasteiger partial charge in [-0.05, 0) is 18.2 Å². The maximum Gasteiger partial charge on any atom is 0.247 e. The quantitative estimate of drug-likeness (QED) is 0.758. The molecule has 0 fully saturated rings. The molecule has 0 N–H and O–H groups in total. The Kier molecular flexibility index (Phi) is 5.27. The van der Waals surface area contributed by atoms with E-state index in [1.165, 1.54) is 7.11 Å². The van der Waals surface area contributed by atoms with E-state index in [-0.39, 0.29) is 0 Å². The lowest BCUT2D eigenvalue weighted by atomic mass is 9.98. The van der Waals surface area contributed by atoms with E-state index in [0.29, 0.717) is 34.9 Å². The summed E-state index contributed by atoms with van der Waals surface area (Å²) in [6.07, 6.45) is 1.55. The van der Waals surface area contributed by atoms with Crippen LogP contribution in [0.25, 0.3) is 0 Å². The van der Waals surface area contributed by atoms with Gasteiger partial charge < -0.3 is 14.2 Å². The molecule has 1 heterocycles. The molecular formula is C19H22N2O5S. The topological polar surface area (TPSA) is 77.4 Å². The van der Waals surface area contributed by atoms with Crippen LogP contribution in [0, 0.1) is 0 Å². The number of para-hydroxylation sites is 1. The van der Waals surface area contributed by atoms with E-state index in [1.807, 2.05) is 30.3 Å². The molecule has 3 rings (SSSR count). The first-order chi connectivity index (χ1) is 12.9. The molecule has 0 aromatic heterocycles. The van der Waals surface area contributed by atoms with Gasteiger partial charge in [0.05, 0.1) is 39.3 Å². The van der Waals surface area contributed by atoms with E-state index in [1.54, 1.807) is 26.4 Å². The Balaban J connectivity index is 2.07. The van der Waals surface area contributed by atoms with Crippen LogP contribution in [0.1, 0.15) is 23.6 Å². The average Bonchev–Trinajstić information content (AvgIpc) is 3.13. The number of hydrogen-bond acceptors (Lipinski definition) is 6. The molecule has 8 heteroatoms. The van der Waals surface area contributed by atoms with Gasteiger partial charge in [-0.3, -0.25) is 0 Å². The average molecular weight is 390 g/mol. The Labute approximate surface area is 159 Å². The van der Waals surface area contributed by atoms with Crippen molar-refractivity contribution in [1.29, 1.82) is 0 Å². The molecule has 2 aromatic rings. The van der Waals surface area contributed by atoms with Crippen molar-refractivity contribution >= 4 is 15.7 Å². The first-order valence-corrected chi connectivity index (χ1v) is 10.2. The summed E-state index contributed by atoms with van der Waals surface area (Å²) < 4.78 is 42.0. The third-order valence-corrected chi connectivity index (χ3v) is 5.42. The molecule has 0 spiro atoms. The van der Waals surface area contributed by atoms with Crippen LogP contribution in [0.5, 0.6) is 17.2 Å². The predicted octanol–water partition coefficient (Wildman–Crippen LogP) is 2.82. The lowest BCUT2D eigenvalue weighted by Gasteiger charge is -2.23. The van der Waals surface area contributed by atoms with Gasteiger partial charge in [0.2, 0.25) is 10.0 Å². The van der Waals surface area contributed by atoms with Gasteiger partial charge in [0, 0.05) is 17.5 Å². The van der Waals surface area contributed by atoms with E-state index in [9.17, 15) is 8.42 Å². The van der Waals surface area contributed by atoms with Gasteiger partial charge in [-0.1, -0.05) is 24.3 Å². The summed E-state index contributed by atoms with van der Waals surface area (Å²) in [5, 5.41) is 4.40. The Morgan fingerprint density at radius 1 is 1.04 bits per heavy atom. The standard InChI is InChI=1S/C19H22N2O5S/c1-24-14-8-5-7-13(11-14)16-12-17(21(20-16)27(4,22)23)15-9-6-10-18(25-2)19(15)26-3/h5-11,17H,12H2,1-4H3/t17-/m1/s1. The van der Waals surface area contributed by atoms with Crippen molar-refractivity contribution in [1.82, 2.24) is 4.41 Å². The molecule has 0 radical (unpaired) electrons. The minimum Gasteiger partial charge on any atom is -0.497 e. The molecule has 0 saturated heterocycles. The highest BCUT2D eigenvalue weighted by molar-refractivity contribution is 7.88.